The van der Waals surface area contributed by atoms with Crippen LogP contribution in [0.15, 0.2) is 34.7 Å². The van der Waals surface area contributed by atoms with Crippen molar-refractivity contribution in [2.75, 3.05) is 4.72 Å². The number of hydrogen-bond acceptors (Lipinski definition) is 5. The van der Waals surface area contributed by atoms with Gasteiger partial charge in [0.05, 0.1) is 0 Å². The van der Waals surface area contributed by atoms with Crippen molar-refractivity contribution in [1.82, 2.24) is 4.98 Å². The Bertz CT molecular complexity index is 650. The number of nitrogens with zero attached hydrogens (tertiary/aromatic N) is 1. The maximum absolute atomic E-state index is 12.1. The number of hydrogen-bond donors (Lipinski definition) is 2. The molecule has 0 radical (unpaired) electrons. The number of nitrogens with two attached hydrogens (primary N) is 1. The highest BCUT2D eigenvalue weighted by molar-refractivity contribution is 7.94. The SMILES string of the molecule is Cc1ccnc(NS(=O)(=O)c2ccc(CN)s2)c1. The Morgan fingerprint density at radius 1 is 1.39 bits per heavy atom. The number of aryl methyl sites for hydroxylation is 1. The van der Waals surface area contributed by atoms with Crippen LogP contribution in [-0.4, -0.2) is 13.4 Å². The van der Waals surface area contributed by atoms with E-state index in [-0.39, 0.29) is 4.21 Å². The summed E-state index contributed by atoms with van der Waals surface area (Å²) in [7, 11) is -3.57. The minimum absolute atomic E-state index is 0.242. The fourth-order valence-electron chi connectivity index (χ4n) is 1.39. The Balaban J connectivity index is 2.27. The van der Waals surface area contributed by atoms with Crippen LogP contribution in [0.25, 0.3) is 0 Å². The zero-order chi connectivity index (χ0) is 13.2. The Hall–Kier alpha value is -1.44. The van der Waals surface area contributed by atoms with Crippen molar-refractivity contribution < 1.29 is 8.42 Å². The maximum atomic E-state index is 12.1. The monoisotopic (exact) mass is 283 g/mol. The number of aromatic nitrogens is 1. The second-order valence-electron chi connectivity index (χ2n) is 3.75. The maximum Gasteiger partial charge on any atom is 0.272 e. The fraction of sp³-hybridized carbons (Fsp3) is 0.182. The number of sulfonamides is 1. The standard InChI is InChI=1S/C11H13N3O2S2/c1-8-4-5-13-10(6-8)14-18(15,16)11-3-2-9(7-12)17-11/h2-6H,7,12H2,1H3,(H,13,14). The normalized spacial score (nSPS) is 11.4. The molecule has 96 valence electrons. The summed E-state index contributed by atoms with van der Waals surface area (Å²) in [6.45, 7) is 2.21. The van der Waals surface area contributed by atoms with Gasteiger partial charge < -0.3 is 5.73 Å². The van der Waals surface area contributed by atoms with E-state index in [1.54, 1.807) is 30.5 Å². The summed E-state index contributed by atoms with van der Waals surface area (Å²) in [6.07, 6.45) is 1.56. The van der Waals surface area contributed by atoms with Gasteiger partial charge >= 0.3 is 0 Å². The predicted molar refractivity (Wildman–Crippen MR) is 72.0 cm³/mol. The quantitative estimate of drug-likeness (QED) is 0.894. The van der Waals surface area contributed by atoms with Crippen LogP contribution in [0.3, 0.4) is 0 Å². The second-order valence-corrected chi connectivity index (χ2v) is 6.83. The molecule has 0 aromatic carbocycles. The summed E-state index contributed by atoms with van der Waals surface area (Å²) in [6, 6.07) is 6.73. The van der Waals surface area contributed by atoms with Gasteiger partial charge in [-0.05, 0) is 36.8 Å². The first-order valence-electron chi connectivity index (χ1n) is 5.25. The van der Waals surface area contributed by atoms with E-state index >= 15 is 0 Å². The average Bonchev–Trinajstić information content (AvgIpc) is 2.77. The molecule has 5 nitrogen and oxygen atoms in total. The molecule has 0 fully saturated rings. The molecule has 7 heteroatoms. The summed E-state index contributed by atoms with van der Waals surface area (Å²) in [4.78, 5) is 4.79. The lowest BCUT2D eigenvalue weighted by molar-refractivity contribution is 0.603. The van der Waals surface area contributed by atoms with Crippen molar-refractivity contribution in [1.29, 1.82) is 0 Å². The van der Waals surface area contributed by atoms with Crippen molar-refractivity contribution in [2.45, 2.75) is 17.7 Å². The van der Waals surface area contributed by atoms with Gasteiger partial charge in [0, 0.05) is 17.6 Å². The molecule has 0 atom stereocenters. The molecular formula is C11H13N3O2S2. The number of nitrogens with one attached hydrogen (secondary N) is 1. The molecule has 0 bridgehead atoms. The van der Waals surface area contributed by atoms with Crippen LogP contribution in [0.4, 0.5) is 5.82 Å². The minimum Gasteiger partial charge on any atom is -0.326 e. The Labute approximate surface area is 110 Å². The Morgan fingerprint density at radius 3 is 2.78 bits per heavy atom. The van der Waals surface area contributed by atoms with Gasteiger partial charge in [-0.1, -0.05) is 0 Å². The molecule has 0 saturated carbocycles. The molecule has 0 aliphatic rings. The molecule has 2 rings (SSSR count). The van der Waals surface area contributed by atoms with Gasteiger partial charge in [-0.15, -0.1) is 11.3 Å². The molecule has 2 aromatic rings. The zero-order valence-electron chi connectivity index (χ0n) is 9.75. The Morgan fingerprint density at radius 2 is 2.17 bits per heavy atom. The average molecular weight is 283 g/mol. The van der Waals surface area contributed by atoms with Gasteiger partial charge in [0.1, 0.15) is 10.0 Å². The molecule has 0 aliphatic carbocycles. The topological polar surface area (TPSA) is 85.1 Å². The molecule has 2 heterocycles. The highest BCUT2D eigenvalue weighted by Crippen LogP contribution is 2.23. The first-order valence-corrected chi connectivity index (χ1v) is 7.55. The number of anilines is 1. The minimum atomic E-state index is -3.57. The third-order valence-electron chi connectivity index (χ3n) is 2.26. The van der Waals surface area contributed by atoms with Crippen LogP contribution in [0.2, 0.25) is 0 Å². The summed E-state index contributed by atoms with van der Waals surface area (Å²) >= 11 is 1.16. The second kappa shape index (κ2) is 5.05. The number of thiophene rings is 1. The Kier molecular flexibility index (Phi) is 3.65. The van der Waals surface area contributed by atoms with E-state index in [1.165, 1.54) is 0 Å². The van der Waals surface area contributed by atoms with Gasteiger partial charge in [0.25, 0.3) is 10.0 Å². The molecule has 0 unspecified atom stereocenters. The molecule has 0 spiro atoms. The first kappa shape index (κ1) is 13.0. The lowest BCUT2D eigenvalue weighted by atomic mass is 10.3. The van der Waals surface area contributed by atoms with Crippen LogP contribution in [0.5, 0.6) is 0 Å². The van der Waals surface area contributed by atoms with Gasteiger partial charge in [0.2, 0.25) is 0 Å². The largest absolute Gasteiger partial charge is 0.326 e. The third kappa shape index (κ3) is 2.87. The molecule has 0 aliphatic heterocycles. The van der Waals surface area contributed by atoms with Crippen LogP contribution in [-0.2, 0) is 16.6 Å². The lowest BCUT2D eigenvalue weighted by Crippen LogP contribution is -2.12. The van der Waals surface area contributed by atoms with Gasteiger partial charge in [-0.25, -0.2) is 13.4 Å². The molecule has 0 amide bonds. The molecular weight excluding hydrogens is 270 g/mol. The molecule has 18 heavy (non-hydrogen) atoms. The highest BCUT2D eigenvalue weighted by Gasteiger charge is 2.17. The molecule has 2 aromatic heterocycles. The lowest BCUT2D eigenvalue weighted by Gasteiger charge is -2.05. The van der Waals surface area contributed by atoms with E-state index in [0.717, 1.165) is 21.8 Å². The van der Waals surface area contributed by atoms with Gasteiger partial charge in [-0.2, -0.15) is 0 Å². The van der Waals surface area contributed by atoms with Crippen molar-refractivity contribution in [2.24, 2.45) is 5.73 Å². The van der Waals surface area contributed by atoms with E-state index in [1.807, 2.05) is 6.92 Å². The first-order chi connectivity index (χ1) is 8.51. The van der Waals surface area contributed by atoms with E-state index < -0.39 is 10.0 Å². The van der Waals surface area contributed by atoms with Crippen LogP contribution in [0, 0.1) is 6.92 Å². The summed E-state index contributed by atoms with van der Waals surface area (Å²) in [5, 5.41) is 0. The number of rotatable bonds is 4. The van der Waals surface area contributed by atoms with Crippen LogP contribution >= 0.6 is 11.3 Å². The van der Waals surface area contributed by atoms with E-state index in [0.29, 0.717) is 12.4 Å². The van der Waals surface area contributed by atoms with Crippen LogP contribution < -0.4 is 10.5 Å². The van der Waals surface area contributed by atoms with Crippen molar-refractivity contribution in [3.8, 4) is 0 Å². The zero-order valence-corrected chi connectivity index (χ0v) is 11.4. The van der Waals surface area contributed by atoms with Gasteiger partial charge in [0.15, 0.2) is 0 Å². The van der Waals surface area contributed by atoms with E-state index in [4.69, 9.17) is 5.73 Å². The van der Waals surface area contributed by atoms with Gasteiger partial charge in [-0.3, -0.25) is 4.72 Å². The summed E-state index contributed by atoms with van der Waals surface area (Å²) < 4.78 is 26.8. The van der Waals surface area contributed by atoms with E-state index in [9.17, 15) is 8.42 Å². The van der Waals surface area contributed by atoms with Crippen molar-refractivity contribution in [3.05, 3.63) is 40.9 Å². The van der Waals surface area contributed by atoms with E-state index in [2.05, 4.69) is 9.71 Å². The van der Waals surface area contributed by atoms with Crippen molar-refractivity contribution in [3.63, 3.8) is 0 Å². The smallest absolute Gasteiger partial charge is 0.272 e. The summed E-state index contributed by atoms with van der Waals surface area (Å²) in [5.74, 6) is 0.317. The molecule has 3 N–H and O–H groups in total. The van der Waals surface area contributed by atoms with Crippen LogP contribution in [0.1, 0.15) is 10.4 Å². The third-order valence-corrected chi connectivity index (χ3v) is 5.21. The predicted octanol–water partition coefficient (Wildman–Crippen LogP) is 1.71. The highest BCUT2D eigenvalue weighted by atomic mass is 32.2. The fourth-order valence-corrected chi connectivity index (χ4v) is 3.63. The number of pyridine rings is 1. The summed E-state index contributed by atoms with van der Waals surface area (Å²) in [5.41, 5.74) is 6.40. The van der Waals surface area contributed by atoms with Crippen molar-refractivity contribution >= 4 is 27.2 Å². The molecule has 0 saturated heterocycles.